The zero-order valence-electron chi connectivity index (χ0n) is 8.68. The third-order valence-electron chi connectivity index (χ3n) is 1.53. The number of nitrogens with two attached hydrogens (primary N) is 1. The third-order valence-corrected chi connectivity index (χ3v) is 1.53. The zero-order chi connectivity index (χ0) is 9.82. The molecule has 0 aliphatic rings. The highest BCUT2D eigenvalue weighted by Crippen LogP contribution is 2.02. The van der Waals surface area contributed by atoms with Crippen LogP contribution in [0.25, 0.3) is 0 Å². The van der Waals surface area contributed by atoms with Gasteiger partial charge < -0.3 is 10.5 Å². The van der Waals surface area contributed by atoms with Crippen LogP contribution >= 0.6 is 0 Å². The van der Waals surface area contributed by atoms with Crippen molar-refractivity contribution in [3.05, 3.63) is 0 Å². The molecule has 0 rings (SSSR count). The first-order chi connectivity index (χ1) is 5.72. The lowest BCUT2D eigenvalue weighted by Crippen LogP contribution is -1.93. The van der Waals surface area contributed by atoms with Gasteiger partial charge >= 0.3 is 0 Å². The molecular weight excluding hydrogens is 150 g/mol. The van der Waals surface area contributed by atoms with Gasteiger partial charge in [-0.1, -0.05) is 33.6 Å². The number of rotatable bonds is 5. The monoisotopic (exact) mass is 173 g/mol. The van der Waals surface area contributed by atoms with E-state index in [1.807, 2.05) is 6.92 Å². The van der Waals surface area contributed by atoms with Crippen molar-refractivity contribution in [2.75, 3.05) is 6.54 Å². The summed E-state index contributed by atoms with van der Waals surface area (Å²) in [6.07, 6.45) is 5.55. The molecule has 74 valence electrons. The van der Waals surface area contributed by atoms with Crippen LogP contribution in [-0.2, 0) is 4.79 Å². The first kappa shape index (κ1) is 14.2. The van der Waals surface area contributed by atoms with Crippen LogP contribution in [0.15, 0.2) is 0 Å². The lowest BCUT2D eigenvalue weighted by Gasteiger charge is -1.97. The molecule has 0 aliphatic carbocycles. The summed E-state index contributed by atoms with van der Waals surface area (Å²) in [5, 5.41) is 0. The summed E-state index contributed by atoms with van der Waals surface area (Å²) in [6, 6.07) is 0. The fourth-order valence-electron chi connectivity index (χ4n) is 0.594. The summed E-state index contributed by atoms with van der Waals surface area (Å²) < 4.78 is 0. The Balaban J connectivity index is 0. The Morgan fingerprint density at radius 1 is 1.33 bits per heavy atom. The van der Waals surface area contributed by atoms with Crippen molar-refractivity contribution < 1.29 is 4.79 Å². The van der Waals surface area contributed by atoms with Gasteiger partial charge in [0.05, 0.1) is 0 Å². The molecule has 0 spiro atoms. The number of hydrogen-bond donors (Lipinski definition) is 1. The lowest BCUT2D eigenvalue weighted by atomic mass is 10.1. The van der Waals surface area contributed by atoms with Crippen molar-refractivity contribution in [1.29, 1.82) is 0 Å². The van der Waals surface area contributed by atoms with Crippen LogP contribution in [0.5, 0.6) is 0 Å². The van der Waals surface area contributed by atoms with Crippen LogP contribution in [0, 0.1) is 5.92 Å². The first-order valence-electron chi connectivity index (χ1n) is 4.88. The molecule has 0 bridgehead atoms. The molecule has 0 saturated heterocycles. The number of carbonyl (C=O) groups excluding carboxylic acids is 1. The van der Waals surface area contributed by atoms with Gasteiger partial charge in [-0.2, -0.15) is 0 Å². The van der Waals surface area contributed by atoms with Gasteiger partial charge in [0.15, 0.2) is 0 Å². The molecular formula is C10H23NO. The molecule has 1 unspecified atom stereocenters. The Kier molecular flexibility index (Phi) is 15.6. The van der Waals surface area contributed by atoms with Crippen LogP contribution in [0.3, 0.4) is 0 Å². The topological polar surface area (TPSA) is 43.1 Å². The summed E-state index contributed by atoms with van der Waals surface area (Å²) in [4.78, 5) is 10.0. The molecule has 2 nitrogen and oxygen atoms in total. The summed E-state index contributed by atoms with van der Waals surface area (Å²) in [5.74, 6) is 0.273. The molecule has 2 N–H and O–H groups in total. The second-order valence-electron chi connectivity index (χ2n) is 3.04. The number of hydrogen-bond acceptors (Lipinski definition) is 2. The van der Waals surface area contributed by atoms with E-state index < -0.39 is 0 Å². The highest BCUT2D eigenvalue weighted by molar-refractivity contribution is 5.52. The maximum Gasteiger partial charge on any atom is 0.122 e. The minimum absolute atomic E-state index is 0.273. The highest BCUT2D eigenvalue weighted by Gasteiger charge is 1.95. The molecule has 0 radical (unpaired) electrons. The predicted octanol–water partition coefficient (Wildman–Crippen LogP) is 2.37. The fraction of sp³-hybridized carbons (Fsp3) is 0.900. The van der Waals surface area contributed by atoms with Crippen molar-refractivity contribution in [2.24, 2.45) is 11.7 Å². The van der Waals surface area contributed by atoms with E-state index in [2.05, 4.69) is 13.8 Å². The number of aldehydes is 1. The number of unbranched alkanes of at least 4 members (excludes halogenated alkanes) is 1. The molecule has 12 heavy (non-hydrogen) atoms. The van der Waals surface area contributed by atoms with Gasteiger partial charge in [-0.15, -0.1) is 0 Å². The SMILES string of the molecule is CCCCC(C)C=O.CCCN. The first-order valence-corrected chi connectivity index (χ1v) is 4.88. The second kappa shape index (κ2) is 13.2. The van der Waals surface area contributed by atoms with E-state index in [1.165, 1.54) is 12.8 Å². The highest BCUT2D eigenvalue weighted by atomic mass is 16.1. The largest absolute Gasteiger partial charge is 0.330 e. The minimum atomic E-state index is 0.273. The normalized spacial score (nSPS) is 11.3. The van der Waals surface area contributed by atoms with Crippen LogP contribution in [-0.4, -0.2) is 12.8 Å². The van der Waals surface area contributed by atoms with Gasteiger partial charge in [0.1, 0.15) is 6.29 Å². The van der Waals surface area contributed by atoms with E-state index in [0.29, 0.717) is 0 Å². The summed E-state index contributed by atoms with van der Waals surface area (Å²) in [5.41, 5.74) is 5.03. The molecule has 0 aromatic rings. The van der Waals surface area contributed by atoms with Gasteiger partial charge in [0, 0.05) is 5.92 Å². The molecule has 0 heterocycles. The molecule has 0 aromatic heterocycles. The average molecular weight is 173 g/mol. The molecule has 0 aromatic carbocycles. The Hall–Kier alpha value is -0.370. The van der Waals surface area contributed by atoms with E-state index in [1.54, 1.807) is 0 Å². The van der Waals surface area contributed by atoms with Crippen LogP contribution in [0.2, 0.25) is 0 Å². The quantitative estimate of drug-likeness (QED) is 0.649. The summed E-state index contributed by atoms with van der Waals surface area (Å²) in [6.45, 7) is 6.97. The van der Waals surface area contributed by atoms with E-state index in [9.17, 15) is 4.79 Å². The van der Waals surface area contributed by atoms with Gasteiger partial charge in [-0.05, 0) is 19.4 Å². The van der Waals surface area contributed by atoms with Gasteiger partial charge in [0.25, 0.3) is 0 Å². The molecule has 2 heteroatoms. The van der Waals surface area contributed by atoms with Gasteiger partial charge in [-0.3, -0.25) is 0 Å². The van der Waals surface area contributed by atoms with E-state index in [4.69, 9.17) is 5.73 Å². The van der Waals surface area contributed by atoms with E-state index >= 15 is 0 Å². The molecule has 0 amide bonds. The molecule has 1 atom stereocenters. The maximum atomic E-state index is 10.0. The Bertz CT molecular complexity index is 81.9. The van der Waals surface area contributed by atoms with Crippen molar-refractivity contribution in [2.45, 2.75) is 46.5 Å². The average Bonchev–Trinajstić information content (AvgIpc) is 2.14. The van der Waals surface area contributed by atoms with Gasteiger partial charge in [0.2, 0.25) is 0 Å². The third kappa shape index (κ3) is 16.3. The smallest absolute Gasteiger partial charge is 0.122 e. The molecule has 0 aliphatic heterocycles. The minimum Gasteiger partial charge on any atom is -0.330 e. The zero-order valence-corrected chi connectivity index (χ0v) is 8.68. The van der Waals surface area contributed by atoms with Gasteiger partial charge in [-0.25, -0.2) is 0 Å². The van der Waals surface area contributed by atoms with Crippen molar-refractivity contribution in [3.63, 3.8) is 0 Å². The standard InChI is InChI=1S/C7H14O.C3H9N/c1-3-4-5-7(2)6-8;1-2-3-4/h6-7H,3-5H2,1-2H3;2-4H2,1H3. The second-order valence-corrected chi connectivity index (χ2v) is 3.04. The lowest BCUT2D eigenvalue weighted by molar-refractivity contribution is -0.110. The van der Waals surface area contributed by atoms with Crippen LogP contribution < -0.4 is 5.73 Å². The predicted molar refractivity (Wildman–Crippen MR) is 54.1 cm³/mol. The number of carbonyl (C=O) groups is 1. The van der Waals surface area contributed by atoms with Crippen molar-refractivity contribution in [1.82, 2.24) is 0 Å². The molecule has 0 saturated carbocycles. The fourth-order valence-corrected chi connectivity index (χ4v) is 0.594. The van der Waals surface area contributed by atoms with Crippen LogP contribution in [0.4, 0.5) is 0 Å². The van der Waals surface area contributed by atoms with Crippen molar-refractivity contribution in [3.8, 4) is 0 Å². The Morgan fingerprint density at radius 3 is 2.08 bits per heavy atom. The maximum absolute atomic E-state index is 10.0. The summed E-state index contributed by atoms with van der Waals surface area (Å²) in [7, 11) is 0. The van der Waals surface area contributed by atoms with Crippen LogP contribution in [0.1, 0.15) is 46.5 Å². The molecule has 0 fully saturated rings. The summed E-state index contributed by atoms with van der Waals surface area (Å²) >= 11 is 0. The van der Waals surface area contributed by atoms with E-state index in [0.717, 1.165) is 25.7 Å². The van der Waals surface area contributed by atoms with E-state index in [-0.39, 0.29) is 5.92 Å². The Morgan fingerprint density at radius 2 is 1.83 bits per heavy atom. The van der Waals surface area contributed by atoms with Crippen molar-refractivity contribution >= 4 is 6.29 Å². The Labute approximate surface area is 76.5 Å².